The molecule has 0 bridgehead atoms. The van der Waals surface area contributed by atoms with Gasteiger partial charge in [-0.3, -0.25) is 4.90 Å². The highest BCUT2D eigenvalue weighted by atomic mass is 35.5. The number of nitrogens with zero attached hydrogens (tertiary/aromatic N) is 1. The van der Waals surface area contributed by atoms with Gasteiger partial charge in [0.2, 0.25) is 0 Å². The van der Waals surface area contributed by atoms with E-state index >= 15 is 0 Å². The van der Waals surface area contributed by atoms with Gasteiger partial charge in [-0.1, -0.05) is 23.2 Å². The van der Waals surface area contributed by atoms with Crippen LogP contribution in [-0.4, -0.2) is 30.6 Å². The quantitative estimate of drug-likeness (QED) is 0.895. The molecule has 3 unspecified atom stereocenters. The molecule has 2 heterocycles. The van der Waals surface area contributed by atoms with Crippen LogP contribution in [0.1, 0.15) is 31.4 Å². The Kier molecular flexibility index (Phi) is 4.04. The molecule has 2 fully saturated rings. The van der Waals surface area contributed by atoms with Crippen LogP contribution in [0.3, 0.4) is 0 Å². The lowest BCUT2D eigenvalue weighted by Gasteiger charge is -2.25. The van der Waals surface area contributed by atoms with Crippen molar-refractivity contribution in [3.63, 3.8) is 0 Å². The first-order valence-corrected chi connectivity index (χ1v) is 7.83. The van der Waals surface area contributed by atoms with E-state index in [1.807, 2.05) is 18.2 Å². The molecule has 0 spiro atoms. The van der Waals surface area contributed by atoms with Crippen LogP contribution >= 0.6 is 23.2 Å². The van der Waals surface area contributed by atoms with Gasteiger partial charge in [-0.05, 0) is 56.0 Å². The minimum absolute atomic E-state index is 0.332. The summed E-state index contributed by atoms with van der Waals surface area (Å²) in [6.07, 6.45) is 2.66. The molecule has 104 valence electrons. The fourth-order valence-corrected chi connectivity index (χ4v) is 3.88. The Labute approximate surface area is 125 Å². The largest absolute Gasteiger partial charge is 0.312 e. The average molecular weight is 299 g/mol. The topological polar surface area (TPSA) is 15.3 Å². The normalized spacial score (nSPS) is 29.2. The molecular formula is C15H20Cl2N2. The van der Waals surface area contributed by atoms with Crippen molar-refractivity contribution in [2.45, 2.75) is 31.8 Å². The number of hydrogen-bond acceptors (Lipinski definition) is 2. The number of benzene rings is 1. The SMILES string of the molecule is CC(c1cc(Cl)ccc1Cl)N1CC2CCCNC2C1. The van der Waals surface area contributed by atoms with Gasteiger partial charge in [-0.15, -0.1) is 0 Å². The van der Waals surface area contributed by atoms with Crippen molar-refractivity contribution in [1.82, 2.24) is 10.2 Å². The molecule has 1 N–H and O–H groups in total. The molecule has 1 aromatic carbocycles. The third-order valence-corrected chi connectivity index (χ3v) is 5.16. The third-order valence-electron chi connectivity index (χ3n) is 4.58. The van der Waals surface area contributed by atoms with E-state index in [4.69, 9.17) is 23.2 Å². The van der Waals surface area contributed by atoms with E-state index in [-0.39, 0.29) is 0 Å². The van der Waals surface area contributed by atoms with Crippen molar-refractivity contribution in [2.75, 3.05) is 19.6 Å². The molecule has 1 aromatic rings. The summed E-state index contributed by atoms with van der Waals surface area (Å²) in [6.45, 7) is 5.69. The van der Waals surface area contributed by atoms with E-state index in [0.29, 0.717) is 12.1 Å². The van der Waals surface area contributed by atoms with Gasteiger partial charge in [-0.25, -0.2) is 0 Å². The van der Waals surface area contributed by atoms with Crippen LogP contribution in [0.15, 0.2) is 18.2 Å². The zero-order valence-corrected chi connectivity index (χ0v) is 12.7. The lowest BCUT2D eigenvalue weighted by atomic mass is 9.94. The summed E-state index contributed by atoms with van der Waals surface area (Å²) in [6, 6.07) is 6.75. The molecule has 4 heteroatoms. The Morgan fingerprint density at radius 2 is 2.16 bits per heavy atom. The number of piperidine rings is 1. The van der Waals surface area contributed by atoms with Gasteiger partial charge >= 0.3 is 0 Å². The Balaban J connectivity index is 1.77. The standard InChI is InChI=1S/C15H20Cl2N2/c1-10(13-7-12(16)4-5-14(13)17)19-8-11-3-2-6-18-15(11)9-19/h4-5,7,10-11,15,18H,2-3,6,8-9H2,1H3. The molecule has 0 aromatic heterocycles. The molecule has 0 saturated carbocycles. The summed E-state index contributed by atoms with van der Waals surface area (Å²) in [4.78, 5) is 2.53. The van der Waals surface area contributed by atoms with Crippen LogP contribution in [0.2, 0.25) is 10.0 Å². The molecule has 3 atom stereocenters. The molecule has 0 aliphatic carbocycles. The predicted octanol–water partition coefficient (Wildman–Crippen LogP) is 3.74. The Hall–Kier alpha value is -0.280. The Bertz CT molecular complexity index is 449. The smallest absolute Gasteiger partial charge is 0.0454 e. The highest BCUT2D eigenvalue weighted by molar-refractivity contribution is 6.33. The summed E-state index contributed by atoms with van der Waals surface area (Å²) in [5.74, 6) is 0.800. The van der Waals surface area contributed by atoms with Crippen molar-refractivity contribution >= 4 is 23.2 Å². The van der Waals surface area contributed by atoms with E-state index in [1.54, 1.807) is 0 Å². The van der Waals surface area contributed by atoms with Gasteiger partial charge in [0.05, 0.1) is 0 Å². The Morgan fingerprint density at radius 1 is 1.32 bits per heavy atom. The zero-order chi connectivity index (χ0) is 13.4. The van der Waals surface area contributed by atoms with Gasteiger partial charge in [-0.2, -0.15) is 0 Å². The van der Waals surface area contributed by atoms with E-state index < -0.39 is 0 Å². The molecule has 2 saturated heterocycles. The average Bonchev–Trinajstić information content (AvgIpc) is 2.84. The van der Waals surface area contributed by atoms with Gasteiger partial charge < -0.3 is 5.32 Å². The van der Waals surface area contributed by atoms with E-state index in [0.717, 1.165) is 28.1 Å². The Morgan fingerprint density at radius 3 is 2.95 bits per heavy atom. The van der Waals surface area contributed by atoms with Crippen molar-refractivity contribution in [2.24, 2.45) is 5.92 Å². The van der Waals surface area contributed by atoms with Crippen LogP contribution in [0.5, 0.6) is 0 Å². The maximum absolute atomic E-state index is 6.32. The van der Waals surface area contributed by atoms with Crippen molar-refractivity contribution in [3.05, 3.63) is 33.8 Å². The molecule has 2 aliphatic heterocycles. The van der Waals surface area contributed by atoms with Crippen LogP contribution in [0.25, 0.3) is 0 Å². The van der Waals surface area contributed by atoms with Gasteiger partial charge in [0.1, 0.15) is 0 Å². The highest BCUT2D eigenvalue weighted by Gasteiger charge is 2.36. The maximum atomic E-state index is 6.32. The molecule has 2 aliphatic rings. The zero-order valence-electron chi connectivity index (χ0n) is 11.2. The molecular weight excluding hydrogens is 279 g/mol. The summed E-state index contributed by atoms with van der Waals surface area (Å²) < 4.78 is 0. The predicted molar refractivity (Wildman–Crippen MR) is 81.0 cm³/mol. The third kappa shape index (κ3) is 2.78. The number of fused-ring (bicyclic) bond motifs is 1. The minimum Gasteiger partial charge on any atom is -0.312 e. The van der Waals surface area contributed by atoms with Crippen LogP contribution in [-0.2, 0) is 0 Å². The van der Waals surface area contributed by atoms with Crippen LogP contribution < -0.4 is 5.32 Å². The summed E-state index contributed by atoms with van der Waals surface area (Å²) in [5, 5.41) is 5.23. The van der Waals surface area contributed by atoms with Gasteiger partial charge in [0.15, 0.2) is 0 Å². The van der Waals surface area contributed by atoms with Gasteiger partial charge in [0.25, 0.3) is 0 Å². The van der Waals surface area contributed by atoms with Crippen molar-refractivity contribution in [3.8, 4) is 0 Å². The first kappa shape index (κ1) is 13.7. The summed E-state index contributed by atoms with van der Waals surface area (Å²) in [5.41, 5.74) is 1.15. The van der Waals surface area contributed by atoms with E-state index in [1.165, 1.54) is 25.9 Å². The maximum Gasteiger partial charge on any atom is 0.0454 e. The second kappa shape index (κ2) is 5.61. The fourth-order valence-electron chi connectivity index (χ4n) is 3.43. The first-order chi connectivity index (χ1) is 9.15. The second-order valence-corrected chi connectivity index (χ2v) is 6.60. The lowest BCUT2D eigenvalue weighted by molar-refractivity contribution is 0.251. The number of rotatable bonds is 2. The fraction of sp³-hybridized carbons (Fsp3) is 0.600. The lowest BCUT2D eigenvalue weighted by Crippen LogP contribution is -2.40. The first-order valence-electron chi connectivity index (χ1n) is 7.07. The van der Waals surface area contributed by atoms with Crippen molar-refractivity contribution in [1.29, 1.82) is 0 Å². The van der Waals surface area contributed by atoms with Crippen LogP contribution in [0, 0.1) is 5.92 Å². The number of halogens is 2. The van der Waals surface area contributed by atoms with Gasteiger partial charge in [0, 0.05) is 35.2 Å². The second-order valence-electron chi connectivity index (χ2n) is 5.76. The molecule has 2 nitrogen and oxygen atoms in total. The molecule has 19 heavy (non-hydrogen) atoms. The van der Waals surface area contributed by atoms with Crippen molar-refractivity contribution < 1.29 is 0 Å². The molecule has 3 rings (SSSR count). The summed E-state index contributed by atoms with van der Waals surface area (Å²) in [7, 11) is 0. The van der Waals surface area contributed by atoms with E-state index in [9.17, 15) is 0 Å². The minimum atomic E-state index is 0.332. The van der Waals surface area contributed by atoms with Crippen LogP contribution in [0.4, 0.5) is 0 Å². The highest BCUT2D eigenvalue weighted by Crippen LogP contribution is 2.35. The monoisotopic (exact) mass is 298 g/mol. The summed E-state index contributed by atoms with van der Waals surface area (Å²) >= 11 is 12.4. The number of likely N-dealkylation sites (tertiary alicyclic amines) is 1. The molecule has 0 radical (unpaired) electrons. The number of hydrogen-bond donors (Lipinski definition) is 1. The van der Waals surface area contributed by atoms with E-state index in [2.05, 4.69) is 17.1 Å². The molecule has 0 amide bonds. The number of nitrogens with one attached hydrogen (secondary N) is 1.